The highest BCUT2D eigenvalue weighted by Crippen LogP contribution is 2.42. The molecule has 1 aliphatic carbocycles. The standard InChI is InChI=1S/C38H34N6/c1-3-15-29(16-4-1)43-35-23-9-7-19-33(35)41-37(43)25-27-13-11-21-31(39-27)32-22-12-14-28(40-32)26-38-42-34-20-8-10-24-36(34)44(38)30-17-5-2-6-18-30/h1-7,9,11-19,21-23,25-26,34,36,41-42H,8,10,20,24H2/b37-25+,38-26+. The Morgan fingerprint density at radius 1 is 0.591 bits per heavy atom. The van der Waals surface area contributed by atoms with Gasteiger partial charge in [0.1, 0.15) is 11.6 Å². The summed E-state index contributed by atoms with van der Waals surface area (Å²) in [6, 6.07) is 42.8. The molecule has 6 heteroatoms. The minimum absolute atomic E-state index is 0.468. The molecular formula is C38H34N6. The van der Waals surface area contributed by atoms with Crippen molar-refractivity contribution >= 4 is 34.9 Å². The van der Waals surface area contributed by atoms with Gasteiger partial charge in [-0.15, -0.1) is 0 Å². The van der Waals surface area contributed by atoms with Gasteiger partial charge < -0.3 is 15.5 Å². The summed E-state index contributed by atoms with van der Waals surface area (Å²) in [6.45, 7) is 0. The molecule has 2 N–H and O–H groups in total. The molecule has 2 fully saturated rings. The molecule has 1 saturated heterocycles. The van der Waals surface area contributed by atoms with E-state index >= 15 is 0 Å². The van der Waals surface area contributed by atoms with Gasteiger partial charge in [0, 0.05) is 29.6 Å². The lowest BCUT2D eigenvalue weighted by atomic mass is 9.91. The van der Waals surface area contributed by atoms with Gasteiger partial charge in [0.2, 0.25) is 0 Å². The Kier molecular flexibility index (Phi) is 6.80. The third kappa shape index (κ3) is 4.98. The largest absolute Gasteiger partial charge is 0.367 e. The van der Waals surface area contributed by atoms with Crippen LogP contribution in [0.1, 0.15) is 37.1 Å². The average molecular weight is 575 g/mol. The maximum Gasteiger partial charge on any atom is 0.117 e. The molecule has 0 bridgehead atoms. The molecule has 6 nitrogen and oxygen atoms in total. The molecule has 2 unspecified atom stereocenters. The van der Waals surface area contributed by atoms with Gasteiger partial charge in [0.15, 0.2) is 0 Å². The van der Waals surface area contributed by atoms with E-state index in [1.54, 1.807) is 0 Å². The van der Waals surface area contributed by atoms with Crippen molar-refractivity contribution in [2.75, 3.05) is 15.1 Å². The Balaban J connectivity index is 1.11. The zero-order valence-electron chi connectivity index (χ0n) is 24.5. The Morgan fingerprint density at radius 3 is 1.93 bits per heavy atom. The van der Waals surface area contributed by atoms with Gasteiger partial charge in [0.25, 0.3) is 0 Å². The van der Waals surface area contributed by atoms with Gasteiger partial charge >= 0.3 is 0 Å². The predicted octanol–water partition coefficient (Wildman–Crippen LogP) is 8.43. The molecule has 3 aromatic carbocycles. The number of fused-ring (bicyclic) bond motifs is 2. The molecule has 1 saturated carbocycles. The van der Waals surface area contributed by atoms with Crippen molar-refractivity contribution in [1.29, 1.82) is 0 Å². The van der Waals surface area contributed by atoms with Crippen LogP contribution in [0.25, 0.3) is 23.5 Å². The molecule has 2 atom stereocenters. The van der Waals surface area contributed by atoms with E-state index in [-0.39, 0.29) is 0 Å². The number of rotatable bonds is 5. The fourth-order valence-corrected chi connectivity index (χ4v) is 6.74. The van der Waals surface area contributed by atoms with Crippen LogP contribution in [0.3, 0.4) is 0 Å². The molecule has 8 rings (SSSR count). The van der Waals surface area contributed by atoms with Gasteiger partial charge in [-0.25, -0.2) is 9.97 Å². The summed E-state index contributed by atoms with van der Waals surface area (Å²) in [4.78, 5) is 14.8. The topological polar surface area (TPSA) is 56.3 Å². The summed E-state index contributed by atoms with van der Waals surface area (Å²) in [5, 5.41) is 7.43. The zero-order valence-corrected chi connectivity index (χ0v) is 24.5. The first kappa shape index (κ1) is 26.3. The highest BCUT2D eigenvalue weighted by Gasteiger charge is 2.38. The fourth-order valence-electron chi connectivity index (χ4n) is 6.74. The summed E-state index contributed by atoms with van der Waals surface area (Å²) in [5.74, 6) is 2.08. The third-order valence-corrected chi connectivity index (χ3v) is 8.72. The lowest BCUT2D eigenvalue weighted by Crippen LogP contribution is -2.38. The predicted molar refractivity (Wildman–Crippen MR) is 180 cm³/mol. The molecule has 5 aromatic rings. The maximum absolute atomic E-state index is 5.07. The molecule has 44 heavy (non-hydrogen) atoms. The first-order chi connectivity index (χ1) is 21.8. The van der Waals surface area contributed by atoms with E-state index in [1.807, 2.05) is 24.3 Å². The monoisotopic (exact) mass is 574 g/mol. The number of aromatic nitrogens is 2. The second-order valence-corrected chi connectivity index (χ2v) is 11.6. The smallest absolute Gasteiger partial charge is 0.117 e. The van der Waals surface area contributed by atoms with Crippen LogP contribution in [-0.2, 0) is 0 Å². The second kappa shape index (κ2) is 11.4. The van der Waals surface area contributed by atoms with Crippen LogP contribution in [0.2, 0.25) is 0 Å². The molecule has 3 aliphatic rings. The van der Waals surface area contributed by atoms with E-state index in [1.165, 1.54) is 31.4 Å². The van der Waals surface area contributed by atoms with Crippen LogP contribution >= 0.6 is 0 Å². The first-order valence-corrected chi connectivity index (χ1v) is 15.5. The van der Waals surface area contributed by atoms with Crippen LogP contribution in [-0.4, -0.2) is 22.1 Å². The summed E-state index contributed by atoms with van der Waals surface area (Å²) >= 11 is 0. The molecule has 2 aromatic heterocycles. The zero-order chi connectivity index (χ0) is 29.3. The molecule has 0 radical (unpaired) electrons. The van der Waals surface area contributed by atoms with Crippen LogP contribution < -0.4 is 20.4 Å². The van der Waals surface area contributed by atoms with Crippen molar-refractivity contribution in [2.45, 2.75) is 37.8 Å². The number of para-hydroxylation sites is 4. The summed E-state index contributed by atoms with van der Waals surface area (Å²) in [7, 11) is 0. The Hall–Kier alpha value is -5.36. The summed E-state index contributed by atoms with van der Waals surface area (Å²) in [5.41, 5.74) is 7.99. The van der Waals surface area contributed by atoms with Gasteiger partial charge in [-0.3, -0.25) is 4.90 Å². The second-order valence-electron chi connectivity index (χ2n) is 11.6. The number of pyridine rings is 2. The normalized spacial score (nSPS) is 20.7. The van der Waals surface area contributed by atoms with E-state index in [4.69, 9.17) is 9.97 Å². The maximum atomic E-state index is 5.07. The van der Waals surface area contributed by atoms with Crippen molar-refractivity contribution in [1.82, 2.24) is 15.3 Å². The molecule has 2 aliphatic heterocycles. The van der Waals surface area contributed by atoms with Crippen molar-refractivity contribution in [3.05, 3.63) is 144 Å². The number of nitrogens with zero attached hydrogens (tertiary/aromatic N) is 4. The lowest BCUT2D eigenvalue weighted by molar-refractivity contribution is 0.390. The highest BCUT2D eigenvalue weighted by molar-refractivity contribution is 5.89. The molecular weight excluding hydrogens is 540 g/mol. The Labute approximate surface area is 258 Å². The van der Waals surface area contributed by atoms with E-state index in [0.717, 1.165) is 51.5 Å². The first-order valence-electron chi connectivity index (χ1n) is 15.5. The molecule has 0 amide bonds. The Bertz CT molecular complexity index is 1850. The highest BCUT2D eigenvalue weighted by atomic mass is 15.4. The summed E-state index contributed by atoms with van der Waals surface area (Å²) in [6.07, 6.45) is 9.25. The lowest BCUT2D eigenvalue weighted by Gasteiger charge is -2.31. The fraction of sp³-hybridized carbons (Fsp3) is 0.158. The third-order valence-electron chi connectivity index (χ3n) is 8.72. The number of hydrogen-bond donors (Lipinski definition) is 2. The van der Waals surface area contributed by atoms with E-state index in [0.29, 0.717) is 12.1 Å². The van der Waals surface area contributed by atoms with E-state index in [2.05, 4.69) is 130 Å². The number of benzene rings is 3. The number of hydrogen-bond acceptors (Lipinski definition) is 6. The SMILES string of the molecule is C(=C1/Nc2ccccc2N1c1ccccc1)/c1cccc(-c2cccc(/C=C3\NC4CCCCC4N3c3ccccc3)n2)n1. The minimum atomic E-state index is 0.468. The van der Waals surface area contributed by atoms with Crippen LogP contribution in [0, 0.1) is 0 Å². The van der Waals surface area contributed by atoms with Crippen LogP contribution in [0.15, 0.2) is 133 Å². The number of anilines is 4. The molecule has 216 valence electrons. The van der Waals surface area contributed by atoms with Crippen molar-refractivity contribution < 1.29 is 0 Å². The van der Waals surface area contributed by atoms with Gasteiger partial charge in [-0.1, -0.05) is 73.5 Å². The van der Waals surface area contributed by atoms with E-state index < -0.39 is 0 Å². The van der Waals surface area contributed by atoms with Gasteiger partial charge in [-0.05, 0) is 73.5 Å². The van der Waals surface area contributed by atoms with Gasteiger partial charge in [0.05, 0.1) is 40.2 Å². The van der Waals surface area contributed by atoms with Crippen LogP contribution in [0.4, 0.5) is 22.7 Å². The molecule has 4 heterocycles. The van der Waals surface area contributed by atoms with Crippen molar-refractivity contribution in [3.63, 3.8) is 0 Å². The van der Waals surface area contributed by atoms with Crippen molar-refractivity contribution in [2.24, 2.45) is 0 Å². The average Bonchev–Trinajstić information content (AvgIpc) is 3.63. The van der Waals surface area contributed by atoms with Crippen LogP contribution in [0.5, 0.6) is 0 Å². The Morgan fingerprint density at radius 2 is 1.20 bits per heavy atom. The minimum Gasteiger partial charge on any atom is -0.367 e. The van der Waals surface area contributed by atoms with Crippen molar-refractivity contribution in [3.8, 4) is 11.4 Å². The summed E-state index contributed by atoms with van der Waals surface area (Å²) < 4.78 is 0. The number of nitrogens with one attached hydrogen (secondary N) is 2. The molecule has 0 spiro atoms. The quantitative estimate of drug-likeness (QED) is 0.220. The van der Waals surface area contributed by atoms with Gasteiger partial charge in [-0.2, -0.15) is 0 Å². The van der Waals surface area contributed by atoms with E-state index in [9.17, 15) is 0 Å².